The number of hydrogen-bond acceptors (Lipinski definition) is 1. The van der Waals surface area contributed by atoms with E-state index in [0.29, 0.717) is 0 Å². The van der Waals surface area contributed by atoms with E-state index >= 15 is 0 Å². The Morgan fingerprint density at radius 1 is 1.20 bits per heavy atom. The molecule has 0 atom stereocenters. The molecular weight excluding hydrogens is 151 g/mol. The molecule has 0 heterocycles. The number of rotatable bonds is 2. The standard InChI is InChI=1S/C7H10OSi.Na.H/c8-9-6-7-4-2-1-3-5-7;;/h1-5,8H,6,9H2;;. The van der Waals surface area contributed by atoms with Crippen LogP contribution in [-0.2, 0) is 6.04 Å². The minimum absolute atomic E-state index is 0. The Labute approximate surface area is 85.7 Å². The molecule has 0 bridgehead atoms. The van der Waals surface area contributed by atoms with Gasteiger partial charge in [0.1, 0.15) is 0 Å². The van der Waals surface area contributed by atoms with E-state index < -0.39 is 9.76 Å². The van der Waals surface area contributed by atoms with Gasteiger partial charge in [-0.2, -0.15) is 0 Å². The molecule has 0 fully saturated rings. The SMILES string of the molecule is O[SiH2]Cc1ccccc1.[NaH]. The van der Waals surface area contributed by atoms with Gasteiger partial charge in [0, 0.05) is 0 Å². The normalized spacial score (nSPS) is 9.70. The molecule has 0 radical (unpaired) electrons. The first kappa shape index (κ1) is 10.4. The van der Waals surface area contributed by atoms with E-state index in [-0.39, 0.29) is 29.6 Å². The Hall–Kier alpha value is 0.397. The second-order valence-corrected chi connectivity index (χ2v) is 2.91. The summed E-state index contributed by atoms with van der Waals surface area (Å²) in [6, 6.07) is 11.0. The Kier molecular flexibility index (Phi) is 6.37. The van der Waals surface area contributed by atoms with Gasteiger partial charge in [-0.15, -0.1) is 0 Å². The van der Waals surface area contributed by atoms with Crippen molar-refractivity contribution in [3.8, 4) is 0 Å². The molecule has 0 saturated heterocycles. The van der Waals surface area contributed by atoms with Gasteiger partial charge in [-0.05, 0) is 11.6 Å². The molecule has 1 nitrogen and oxygen atoms in total. The van der Waals surface area contributed by atoms with Crippen molar-refractivity contribution in [1.29, 1.82) is 0 Å². The van der Waals surface area contributed by atoms with Crippen LogP contribution in [0.5, 0.6) is 0 Å². The molecule has 0 aliphatic rings. The maximum absolute atomic E-state index is 8.66. The molecule has 0 aliphatic carbocycles. The van der Waals surface area contributed by atoms with Gasteiger partial charge in [0.2, 0.25) is 0 Å². The van der Waals surface area contributed by atoms with Gasteiger partial charge in [-0.25, -0.2) is 0 Å². The van der Waals surface area contributed by atoms with Crippen molar-refractivity contribution in [3.63, 3.8) is 0 Å². The fraction of sp³-hybridized carbons (Fsp3) is 0.143. The summed E-state index contributed by atoms with van der Waals surface area (Å²) < 4.78 is 0. The molecule has 1 rings (SSSR count). The summed E-state index contributed by atoms with van der Waals surface area (Å²) in [5.41, 5.74) is 1.26. The zero-order valence-corrected chi connectivity index (χ0v) is 6.66. The Bertz CT molecular complexity index is 167. The van der Waals surface area contributed by atoms with Crippen molar-refractivity contribution in [2.75, 3.05) is 0 Å². The Morgan fingerprint density at radius 2 is 1.80 bits per heavy atom. The summed E-state index contributed by atoms with van der Waals surface area (Å²) in [6.07, 6.45) is 0. The summed E-state index contributed by atoms with van der Waals surface area (Å²) in [5, 5.41) is 0. The molecule has 0 aliphatic heterocycles. The third-order valence-corrected chi connectivity index (χ3v) is 2.04. The molecule has 1 N–H and O–H groups in total. The molecule has 10 heavy (non-hydrogen) atoms. The average molecular weight is 162 g/mol. The molecule has 1 aromatic rings. The van der Waals surface area contributed by atoms with Gasteiger partial charge in [0.25, 0.3) is 0 Å². The van der Waals surface area contributed by atoms with E-state index in [1.807, 2.05) is 30.3 Å². The van der Waals surface area contributed by atoms with E-state index in [9.17, 15) is 0 Å². The minimum atomic E-state index is -0.784. The quantitative estimate of drug-likeness (QED) is 0.587. The van der Waals surface area contributed by atoms with E-state index in [1.165, 1.54) is 5.56 Å². The Balaban J connectivity index is 0.000000810. The fourth-order valence-electron chi connectivity index (χ4n) is 0.774. The van der Waals surface area contributed by atoms with Crippen LogP contribution in [0.4, 0.5) is 0 Å². The van der Waals surface area contributed by atoms with Crippen LogP contribution in [0.1, 0.15) is 5.56 Å². The second-order valence-electron chi connectivity index (χ2n) is 1.96. The first-order chi connectivity index (χ1) is 4.43. The topological polar surface area (TPSA) is 20.2 Å². The van der Waals surface area contributed by atoms with Crippen LogP contribution in [0.25, 0.3) is 0 Å². The van der Waals surface area contributed by atoms with Gasteiger partial charge in [0.05, 0.1) is 0 Å². The van der Waals surface area contributed by atoms with E-state index in [0.717, 1.165) is 6.04 Å². The van der Waals surface area contributed by atoms with Crippen molar-refractivity contribution in [1.82, 2.24) is 0 Å². The van der Waals surface area contributed by atoms with Gasteiger partial charge in [-0.3, -0.25) is 0 Å². The third-order valence-electron chi connectivity index (χ3n) is 1.24. The van der Waals surface area contributed by atoms with Crippen LogP contribution in [0, 0.1) is 0 Å². The van der Waals surface area contributed by atoms with Crippen LogP contribution in [0.15, 0.2) is 30.3 Å². The van der Waals surface area contributed by atoms with Crippen molar-refractivity contribution in [2.45, 2.75) is 6.04 Å². The summed E-state index contributed by atoms with van der Waals surface area (Å²) in [7, 11) is -0.784. The molecule has 50 valence electrons. The molecule has 0 saturated carbocycles. The van der Waals surface area contributed by atoms with Crippen LogP contribution in [0.2, 0.25) is 0 Å². The van der Waals surface area contributed by atoms with Crippen molar-refractivity contribution >= 4 is 39.3 Å². The predicted molar refractivity (Wildman–Crippen MR) is 48.1 cm³/mol. The summed E-state index contributed by atoms with van der Waals surface area (Å²) in [4.78, 5) is 8.66. The predicted octanol–water partition coefficient (Wildman–Crippen LogP) is -0.386. The van der Waals surface area contributed by atoms with Gasteiger partial charge < -0.3 is 4.80 Å². The van der Waals surface area contributed by atoms with Gasteiger partial charge in [-0.1, -0.05) is 30.3 Å². The van der Waals surface area contributed by atoms with Crippen LogP contribution in [0.3, 0.4) is 0 Å². The zero-order valence-electron chi connectivity index (χ0n) is 5.25. The van der Waals surface area contributed by atoms with Crippen LogP contribution >= 0.6 is 0 Å². The molecule has 0 unspecified atom stereocenters. The molecule has 3 heteroatoms. The average Bonchev–Trinajstić information content (AvgIpc) is 1.91. The first-order valence-electron chi connectivity index (χ1n) is 3.08. The maximum atomic E-state index is 8.66. The number of benzene rings is 1. The van der Waals surface area contributed by atoms with Crippen LogP contribution < -0.4 is 0 Å². The third kappa shape index (κ3) is 3.54. The summed E-state index contributed by atoms with van der Waals surface area (Å²) in [6.45, 7) is 0. The molecule has 1 aromatic carbocycles. The van der Waals surface area contributed by atoms with E-state index in [2.05, 4.69) is 0 Å². The zero-order chi connectivity index (χ0) is 6.53. The Morgan fingerprint density at radius 3 is 2.30 bits per heavy atom. The molecular formula is C7H11NaOSi. The van der Waals surface area contributed by atoms with Gasteiger partial charge >= 0.3 is 29.6 Å². The van der Waals surface area contributed by atoms with Crippen molar-refractivity contribution in [2.24, 2.45) is 0 Å². The van der Waals surface area contributed by atoms with Gasteiger partial charge in [0.15, 0.2) is 9.76 Å². The van der Waals surface area contributed by atoms with Crippen molar-refractivity contribution < 1.29 is 4.80 Å². The summed E-state index contributed by atoms with van der Waals surface area (Å²) in [5.74, 6) is 0. The van der Waals surface area contributed by atoms with E-state index in [4.69, 9.17) is 4.80 Å². The molecule has 0 amide bonds. The van der Waals surface area contributed by atoms with Crippen LogP contribution in [-0.4, -0.2) is 44.1 Å². The molecule has 0 aromatic heterocycles. The first-order valence-corrected chi connectivity index (χ1v) is 4.71. The number of hydrogen-bond donors (Lipinski definition) is 1. The van der Waals surface area contributed by atoms with E-state index in [1.54, 1.807) is 0 Å². The monoisotopic (exact) mass is 162 g/mol. The van der Waals surface area contributed by atoms with Crippen molar-refractivity contribution in [3.05, 3.63) is 35.9 Å². The molecule has 0 spiro atoms. The second kappa shape index (κ2) is 6.13. The summed E-state index contributed by atoms with van der Waals surface area (Å²) >= 11 is 0. The fourth-order valence-corrected chi connectivity index (χ4v) is 1.37.